The van der Waals surface area contributed by atoms with E-state index in [9.17, 15) is 0 Å². The average molecular weight is 297 g/mol. The smallest absolute Gasteiger partial charge is 0.191 e. The summed E-state index contributed by atoms with van der Waals surface area (Å²) in [6, 6.07) is 20.2. The fraction of sp³-hybridized carbons (Fsp3) is 0.176. The van der Waals surface area contributed by atoms with Gasteiger partial charge in [0.25, 0.3) is 0 Å². The fourth-order valence-electron chi connectivity index (χ4n) is 1.91. The van der Waals surface area contributed by atoms with Crippen LogP contribution in [0.1, 0.15) is 24.8 Å². The molecule has 4 heteroatoms. The van der Waals surface area contributed by atoms with E-state index in [0.29, 0.717) is 11.0 Å². The number of hydrogen-bond donors (Lipinski definition) is 2. The second-order valence-corrected chi connectivity index (χ2v) is 5.20. The van der Waals surface area contributed by atoms with Gasteiger partial charge in [0.05, 0.1) is 0 Å². The number of thiocarbonyl (C=S) groups is 1. The number of benzene rings is 2. The predicted molar refractivity (Wildman–Crippen MR) is 93.8 cm³/mol. The molecule has 0 spiro atoms. The van der Waals surface area contributed by atoms with Gasteiger partial charge in [0.15, 0.2) is 5.11 Å². The van der Waals surface area contributed by atoms with E-state index in [0.717, 1.165) is 12.1 Å². The van der Waals surface area contributed by atoms with E-state index in [4.69, 9.17) is 12.2 Å². The van der Waals surface area contributed by atoms with Crippen molar-refractivity contribution in [2.24, 2.45) is 5.10 Å². The third kappa shape index (κ3) is 5.36. The van der Waals surface area contributed by atoms with Crippen molar-refractivity contribution >= 4 is 29.2 Å². The highest BCUT2D eigenvalue weighted by Crippen LogP contribution is 2.16. The molecule has 2 rings (SSSR count). The van der Waals surface area contributed by atoms with Gasteiger partial charge < -0.3 is 5.32 Å². The summed E-state index contributed by atoms with van der Waals surface area (Å²) in [6.45, 7) is 2.18. The van der Waals surface area contributed by atoms with Crippen LogP contribution in [0.25, 0.3) is 0 Å². The molecule has 0 aliphatic heterocycles. The van der Waals surface area contributed by atoms with Gasteiger partial charge >= 0.3 is 0 Å². The Hall–Kier alpha value is -2.20. The minimum absolute atomic E-state index is 0.437. The number of nitrogens with one attached hydrogen (secondary N) is 2. The zero-order valence-corrected chi connectivity index (χ0v) is 12.8. The summed E-state index contributed by atoms with van der Waals surface area (Å²) >= 11 is 5.17. The molecule has 0 aromatic heterocycles. The van der Waals surface area contributed by atoms with Crippen LogP contribution in [0.15, 0.2) is 65.8 Å². The first-order chi connectivity index (χ1) is 10.3. The van der Waals surface area contributed by atoms with Crippen molar-refractivity contribution in [2.75, 3.05) is 5.32 Å². The van der Waals surface area contributed by atoms with E-state index in [2.05, 4.69) is 47.0 Å². The van der Waals surface area contributed by atoms with Crippen LogP contribution in [-0.2, 0) is 0 Å². The number of hydrazone groups is 1. The molecule has 2 N–H and O–H groups in total. The van der Waals surface area contributed by atoms with Gasteiger partial charge in [0.2, 0.25) is 0 Å². The van der Waals surface area contributed by atoms with Crippen molar-refractivity contribution in [3.8, 4) is 0 Å². The molecule has 0 aliphatic rings. The molecule has 0 fully saturated rings. The van der Waals surface area contributed by atoms with Crippen LogP contribution in [0.4, 0.5) is 5.69 Å². The lowest BCUT2D eigenvalue weighted by atomic mass is 9.99. The number of nitrogens with zero attached hydrogens (tertiary/aromatic N) is 1. The SMILES string of the molecule is C[C@H](C/C=N\NC(=S)Nc1ccccc1)c1ccccc1. The Kier molecular flexibility index (Phi) is 5.91. The minimum Gasteiger partial charge on any atom is -0.331 e. The van der Waals surface area contributed by atoms with E-state index < -0.39 is 0 Å². The van der Waals surface area contributed by atoms with Crippen LogP contribution in [-0.4, -0.2) is 11.3 Å². The molecule has 0 unspecified atom stereocenters. The standard InChI is InChI=1S/C17H19N3S/c1-14(15-8-4-2-5-9-15)12-13-18-20-17(21)19-16-10-6-3-7-11-16/h2-11,13-14H,12H2,1H3,(H2,19,20,21)/b18-13-/t14-/m1/s1. The van der Waals surface area contributed by atoms with Gasteiger partial charge in [-0.05, 0) is 42.3 Å². The minimum atomic E-state index is 0.437. The van der Waals surface area contributed by atoms with Crippen LogP contribution >= 0.6 is 12.2 Å². The summed E-state index contributed by atoms with van der Waals surface area (Å²) in [5, 5.41) is 7.71. The maximum absolute atomic E-state index is 5.17. The molecule has 2 aromatic rings. The van der Waals surface area contributed by atoms with Crippen molar-refractivity contribution in [3.63, 3.8) is 0 Å². The second-order valence-electron chi connectivity index (χ2n) is 4.79. The molecule has 108 valence electrons. The summed E-state index contributed by atoms with van der Waals surface area (Å²) in [4.78, 5) is 0. The summed E-state index contributed by atoms with van der Waals surface area (Å²) in [5.74, 6) is 0.437. The number of hydrogen-bond acceptors (Lipinski definition) is 2. The van der Waals surface area contributed by atoms with Crippen LogP contribution in [0.2, 0.25) is 0 Å². The van der Waals surface area contributed by atoms with E-state index in [-0.39, 0.29) is 0 Å². The van der Waals surface area contributed by atoms with Gasteiger partial charge in [0.1, 0.15) is 0 Å². The Labute approximate surface area is 131 Å². The molecule has 1 atom stereocenters. The summed E-state index contributed by atoms with van der Waals surface area (Å²) in [5.41, 5.74) is 5.09. The van der Waals surface area contributed by atoms with Crippen molar-refractivity contribution in [3.05, 3.63) is 66.2 Å². The molecule has 0 amide bonds. The zero-order chi connectivity index (χ0) is 14.9. The highest BCUT2D eigenvalue weighted by atomic mass is 32.1. The van der Waals surface area contributed by atoms with Crippen molar-refractivity contribution < 1.29 is 0 Å². The molecule has 3 nitrogen and oxygen atoms in total. The Morgan fingerprint density at radius 2 is 1.71 bits per heavy atom. The third-order valence-corrected chi connectivity index (χ3v) is 3.31. The van der Waals surface area contributed by atoms with Gasteiger partial charge in [-0.1, -0.05) is 55.5 Å². The Balaban J connectivity index is 1.74. The van der Waals surface area contributed by atoms with Gasteiger partial charge in [0, 0.05) is 11.9 Å². The molecule has 0 saturated heterocycles. The predicted octanol–water partition coefficient (Wildman–Crippen LogP) is 4.15. The first-order valence-electron chi connectivity index (χ1n) is 6.94. The lowest BCUT2D eigenvalue weighted by Gasteiger charge is -2.09. The monoisotopic (exact) mass is 297 g/mol. The lowest BCUT2D eigenvalue weighted by Crippen LogP contribution is -2.23. The van der Waals surface area contributed by atoms with Crippen LogP contribution < -0.4 is 10.7 Å². The quantitative estimate of drug-likeness (QED) is 0.494. The fourth-order valence-corrected chi connectivity index (χ4v) is 2.08. The third-order valence-electron chi connectivity index (χ3n) is 3.12. The molecular weight excluding hydrogens is 278 g/mol. The van der Waals surface area contributed by atoms with E-state index in [1.807, 2.05) is 42.6 Å². The van der Waals surface area contributed by atoms with E-state index >= 15 is 0 Å². The number of anilines is 1. The Morgan fingerprint density at radius 3 is 2.38 bits per heavy atom. The first kappa shape index (κ1) is 15.2. The average Bonchev–Trinajstić information content (AvgIpc) is 2.53. The normalized spacial score (nSPS) is 12.0. The first-order valence-corrected chi connectivity index (χ1v) is 7.35. The maximum Gasteiger partial charge on any atom is 0.191 e. The van der Waals surface area contributed by atoms with Crippen molar-refractivity contribution in [1.29, 1.82) is 0 Å². The summed E-state index contributed by atoms with van der Waals surface area (Å²) in [6.07, 6.45) is 2.72. The maximum atomic E-state index is 5.17. The molecule has 0 saturated carbocycles. The van der Waals surface area contributed by atoms with Crippen molar-refractivity contribution in [1.82, 2.24) is 5.43 Å². The molecule has 21 heavy (non-hydrogen) atoms. The summed E-state index contributed by atoms with van der Waals surface area (Å²) in [7, 11) is 0. The van der Waals surface area contributed by atoms with Gasteiger partial charge in [-0.15, -0.1) is 0 Å². The number of rotatable bonds is 5. The van der Waals surface area contributed by atoms with Gasteiger partial charge in [-0.2, -0.15) is 5.10 Å². The van der Waals surface area contributed by atoms with Gasteiger partial charge in [-0.25, -0.2) is 0 Å². The molecular formula is C17H19N3S. The molecule has 0 radical (unpaired) electrons. The van der Waals surface area contributed by atoms with Crippen LogP contribution in [0.5, 0.6) is 0 Å². The lowest BCUT2D eigenvalue weighted by molar-refractivity contribution is 0.808. The topological polar surface area (TPSA) is 36.4 Å². The number of para-hydroxylation sites is 1. The highest BCUT2D eigenvalue weighted by molar-refractivity contribution is 7.80. The zero-order valence-electron chi connectivity index (χ0n) is 12.0. The second kappa shape index (κ2) is 8.17. The van der Waals surface area contributed by atoms with E-state index in [1.54, 1.807) is 0 Å². The Morgan fingerprint density at radius 1 is 1.10 bits per heavy atom. The van der Waals surface area contributed by atoms with Crippen LogP contribution in [0, 0.1) is 0 Å². The van der Waals surface area contributed by atoms with Crippen molar-refractivity contribution in [2.45, 2.75) is 19.3 Å². The highest BCUT2D eigenvalue weighted by Gasteiger charge is 2.02. The molecule has 0 heterocycles. The summed E-state index contributed by atoms with van der Waals surface area (Å²) < 4.78 is 0. The largest absolute Gasteiger partial charge is 0.331 e. The van der Waals surface area contributed by atoms with Crippen LogP contribution in [0.3, 0.4) is 0 Å². The van der Waals surface area contributed by atoms with Gasteiger partial charge in [-0.3, -0.25) is 5.43 Å². The van der Waals surface area contributed by atoms with E-state index in [1.165, 1.54) is 5.56 Å². The Bertz CT molecular complexity index is 581. The molecule has 0 bridgehead atoms. The molecule has 0 aliphatic carbocycles. The molecule has 2 aromatic carbocycles.